The average Bonchev–Trinajstić information content (AvgIpc) is 2.56. The van der Waals surface area contributed by atoms with E-state index >= 15 is 0 Å². The quantitative estimate of drug-likeness (QED) is 0.784. The van der Waals surface area contributed by atoms with Crippen LogP contribution in [0.2, 0.25) is 0 Å². The van der Waals surface area contributed by atoms with Gasteiger partial charge in [-0.1, -0.05) is 0 Å². The summed E-state index contributed by atoms with van der Waals surface area (Å²) in [4.78, 5) is 14.3. The van der Waals surface area contributed by atoms with Crippen molar-refractivity contribution in [3.63, 3.8) is 0 Å². The molecule has 1 saturated heterocycles. The lowest BCUT2D eigenvalue weighted by molar-refractivity contribution is 0.139. The zero-order valence-corrected chi connectivity index (χ0v) is 8.54. The van der Waals surface area contributed by atoms with Gasteiger partial charge in [-0.3, -0.25) is 0 Å². The van der Waals surface area contributed by atoms with Gasteiger partial charge in [-0.2, -0.15) is 4.39 Å². The van der Waals surface area contributed by atoms with Crippen molar-refractivity contribution >= 4 is 22.0 Å². The lowest BCUT2D eigenvalue weighted by Gasteiger charge is -2.08. The van der Waals surface area contributed by atoms with Gasteiger partial charge in [0, 0.05) is 10.7 Å². The van der Waals surface area contributed by atoms with Crippen LogP contribution in [0.4, 0.5) is 9.18 Å². The first-order valence-electron chi connectivity index (χ1n) is 3.92. The Labute approximate surface area is 87.6 Å². The molecule has 14 heavy (non-hydrogen) atoms. The smallest absolute Gasteiger partial charge is 0.407 e. The van der Waals surface area contributed by atoms with Gasteiger partial charge in [0.2, 0.25) is 5.95 Å². The highest BCUT2D eigenvalue weighted by Crippen LogP contribution is 2.24. The van der Waals surface area contributed by atoms with Crippen LogP contribution >= 0.6 is 15.9 Å². The number of halogens is 2. The number of hydrogen-bond acceptors (Lipinski definition) is 3. The summed E-state index contributed by atoms with van der Waals surface area (Å²) >= 11 is 3.17. The van der Waals surface area contributed by atoms with E-state index in [1.54, 1.807) is 6.07 Å². The third kappa shape index (κ3) is 1.70. The van der Waals surface area contributed by atoms with Crippen molar-refractivity contribution in [3.8, 4) is 0 Å². The summed E-state index contributed by atoms with van der Waals surface area (Å²) in [6.45, 7) is 0.272. The second-order valence-corrected chi connectivity index (χ2v) is 3.72. The molecular formula is C8H6BrFN2O2. The predicted octanol–water partition coefficient (Wildman–Crippen LogP) is 1.76. The number of ether oxygens (including phenoxy) is 1. The number of cyclic esters (lactones) is 1. The van der Waals surface area contributed by atoms with Gasteiger partial charge >= 0.3 is 6.09 Å². The van der Waals surface area contributed by atoms with E-state index in [0.717, 1.165) is 0 Å². The molecule has 1 unspecified atom stereocenters. The molecule has 0 aromatic carbocycles. The maximum Gasteiger partial charge on any atom is 0.407 e. The highest BCUT2D eigenvalue weighted by molar-refractivity contribution is 9.10. The molecule has 1 aromatic heterocycles. The van der Waals surface area contributed by atoms with E-state index in [1.807, 2.05) is 0 Å². The fraction of sp³-hybridized carbons (Fsp3) is 0.250. The molecule has 0 spiro atoms. The van der Waals surface area contributed by atoms with E-state index in [1.165, 1.54) is 6.20 Å². The summed E-state index contributed by atoms with van der Waals surface area (Å²) < 4.78 is 18.7. The molecule has 0 radical (unpaired) electrons. The van der Waals surface area contributed by atoms with Crippen molar-refractivity contribution in [1.29, 1.82) is 0 Å². The number of nitrogens with one attached hydrogen (secondary N) is 1. The standard InChI is InChI=1S/C8H6BrFN2O2/c9-4-1-5(7(10)11-2-4)6-3-12-8(13)14-6/h1-2,6H,3H2,(H,12,13). The van der Waals surface area contributed by atoms with Crippen molar-refractivity contribution in [2.45, 2.75) is 6.10 Å². The number of rotatable bonds is 1. The fourth-order valence-corrected chi connectivity index (χ4v) is 1.58. The summed E-state index contributed by atoms with van der Waals surface area (Å²) in [5.74, 6) is -0.616. The minimum atomic E-state index is -0.616. The van der Waals surface area contributed by atoms with Crippen LogP contribution in [0.3, 0.4) is 0 Å². The Morgan fingerprint density at radius 1 is 1.71 bits per heavy atom. The SMILES string of the molecule is O=C1NCC(c2cc(Br)cnc2F)O1. The van der Waals surface area contributed by atoms with Crippen molar-refractivity contribution in [1.82, 2.24) is 10.3 Å². The van der Waals surface area contributed by atoms with Crippen LogP contribution in [-0.2, 0) is 4.74 Å². The normalized spacial score (nSPS) is 20.4. The fourth-order valence-electron chi connectivity index (χ4n) is 1.23. The van der Waals surface area contributed by atoms with E-state index in [0.29, 0.717) is 4.47 Å². The number of carbonyl (C=O) groups excluding carboxylic acids is 1. The maximum absolute atomic E-state index is 13.2. The van der Waals surface area contributed by atoms with E-state index < -0.39 is 18.1 Å². The Bertz CT molecular complexity index is 386. The Morgan fingerprint density at radius 3 is 3.14 bits per heavy atom. The summed E-state index contributed by atoms with van der Waals surface area (Å²) in [6, 6.07) is 1.55. The third-order valence-electron chi connectivity index (χ3n) is 1.86. The molecule has 2 rings (SSSR count). The second-order valence-electron chi connectivity index (χ2n) is 2.81. The van der Waals surface area contributed by atoms with E-state index in [9.17, 15) is 9.18 Å². The average molecular weight is 261 g/mol. The highest BCUT2D eigenvalue weighted by Gasteiger charge is 2.27. The molecule has 1 aromatic rings. The molecule has 74 valence electrons. The summed E-state index contributed by atoms with van der Waals surface area (Å²) in [5.41, 5.74) is 0.276. The van der Waals surface area contributed by atoms with Crippen LogP contribution in [0.25, 0.3) is 0 Å². The monoisotopic (exact) mass is 260 g/mol. The van der Waals surface area contributed by atoms with E-state index in [4.69, 9.17) is 4.74 Å². The molecule has 0 aliphatic carbocycles. The number of alkyl carbamates (subject to hydrolysis) is 1. The van der Waals surface area contributed by atoms with Crippen LogP contribution in [0.15, 0.2) is 16.7 Å². The molecule has 1 N–H and O–H groups in total. The number of nitrogens with zero attached hydrogens (tertiary/aromatic N) is 1. The van der Waals surface area contributed by atoms with Gasteiger partial charge in [0.1, 0.15) is 0 Å². The van der Waals surface area contributed by atoms with Gasteiger partial charge in [0.15, 0.2) is 6.10 Å². The van der Waals surface area contributed by atoms with Crippen molar-refractivity contribution in [3.05, 3.63) is 28.2 Å². The van der Waals surface area contributed by atoms with Gasteiger partial charge in [-0.05, 0) is 22.0 Å². The molecule has 1 aliphatic heterocycles. The minimum Gasteiger partial charge on any atom is -0.439 e. The Balaban J connectivity index is 2.31. The van der Waals surface area contributed by atoms with Crippen LogP contribution in [-0.4, -0.2) is 17.6 Å². The van der Waals surface area contributed by atoms with Crippen molar-refractivity contribution in [2.24, 2.45) is 0 Å². The van der Waals surface area contributed by atoms with Crippen LogP contribution in [0.5, 0.6) is 0 Å². The highest BCUT2D eigenvalue weighted by atomic mass is 79.9. The van der Waals surface area contributed by atoms with Gasteiger partial charge < -0.3 is 10.1 Å². The second kappa shape index (κ2) is 3.53. The van der Waals surface area contributed by atoms with Crippen LogP contribution in [0, 0.1) is 5.95 Å². The Hall–Kier alpha value is -1.17. The zero-order chi connectivity index (χ0) is 10.1. The molecule has 0 bridgehead atoms. The van der Waals surface area contributed by atoms with Crippen molar-refractivity contribution < 1.29 is 13.9 Å². The third-order valence-corrected chi connectivity index (χ3v) is 2.29. The molecule has 1 fully saturated rings. The van der Waals surface area contributed by atoms with Gasteiger partial charge in [-0.15, -0.1) is 0 Å². The number of hydrogen-bond donors (Lipinski definition) is 1. The Kier molecular flexibility index (Phi) is 2.37. The number of aromatic nitrogens is 1. The largest absolute Gasteiger partial charge is 0.439 e. The molecule has 2 heterocycles. The molecular weight excluding hydrogens is 255 g/mol. The number of pyridine rings is 1. The summed E-state index contributed by atoms with van der Waals surface area (Å²) in [7, 11) is 0. The first-order valence-corrected chi connectivity index (χ1v) is 4.71. The predicted molar refractivity (Wildman–Crippen MR) is 49.1 cm³/mol. The van der Waals surface area contributed by atoms with Gasteiger partial charge in [0.25, 0.3) is 0 Å². The summed E-state index contributed by atoms with van der Waals surface area (Å²) in [6.07, 6.45) is 0.227. The van der Waals surface area contributed by atoms with Crippen molar-refractivity contribution in [2.75, 3.05) is 6.54 Å². The van der Waals surface area contributed by atoms with Gasteiger partial charge in [0.05, 0.1) is 12.1 Å². The summed E-state index contributed by atoms with van der Waals surface area (Å²) in [5, 5.41) is 2.44. The molecule has 4 nitrogen and oxygen atoms in total. The molecule has 6 heteroatoms. The molecule has 1 aliphatic rings. The topological polar surface area (TPSA) is 51.2 Å². The lowest BCUT2D eigenvalue weighted by atomic mass is 10.1. The van der Waals surface area contributed by atoms with E-state index in [-0.39, 0.29) is 12.1 Å². The number of amides is 1. The molecule has 0 saturated carbocycles. The maximum atomic E-state index is 13.2. The lowest BCUT2D eigenvalue weighted by Crippen LogP contribution is -2.12. The number of carbonyl (C=O) groups is 1. The van der Waals surface area contributed by atoms with E-state index in [2.05, 4.69) is 26.2 Å². The minimum absolute atomic E-state index is 0.272. The first kappa shape index (κ1) is 9.39. The zero-order valence-electron chi connectivity index (χ0n) is 6.96. The van der Waals surface area contributed by atoms with Crippen LogP contribution < -0.4 is 5.32 Å². The molecule has 1 amide bonds. The van der Waals surface area contributed by atoms with Crippen LogP contribution in [0.1, 0.15) is 11.7 Å². The first-order chi connectivity index (χ1) is 6.66. The van der Waals surface area contributed by atoms with Gasteiger partial charge in [-0.25, -0.2) is 9.78 Å². The molecule has 1 atom stereocenters. The Morgan fingerprint density at radius 2 is 2.50 bits per heavy atom.